The lowest BCUT2D eigenvalue weighted by Gasteiger charge is -2.37. The summed E-state index contributed by atoms with van der Waals surface area (Å²) < 4.78 is 77.0. The van der Waals surface area contributed by atoms with E-state index in [0.29, 0.717) is 29.5 Å². The Hall–Kier alpha value is -3.57. The van der Waals surface area contributed by atoms with Crippen molar-refractivity contribution in [2.75, 3.05) is 6.54 Å². The van der Waals surface area contributed by atoms with Crippen LogP contribution in [0.2, 0.25) is 0 Å². The summed E-state index contributed by atoms with van der Waals surface area (Å²) in [5.41, 5.74) is -5.22. The highest BCUT2D eigenvalue weighted by molar-refractivity contribution is 5.50. The number of hydrogen-bond acceptors (Lipinski definition) is 5. The molecule has 3 aromatic rings. The summed E-state index contributed by atoms with van der Waals surface area (Å²) in [6, 6.07) is 8.61. The lowest BCUT2D eigenvalue weighted by molar-refractivity contribution is -0.203. The normalized spacial score (nSPS) is 13.3. The number of nitrogens with one attached hydrogen (secondary N) is 1. The van der Waals surface area contributed by atoms with Crippen LogP contribution in [0.4, 0.5) is 22.0 Å². The van der Waals surface area contributed by atoms with Gasteiger partial charge in [-0.15, -0.1) is 0 Å². The molecule has 3 rings (SSSR count). The largest absolute Gasteiger partial charge is 0.456 e. The van der Waals surface area contributed by atoms with Gasteiger partial charge in [0.2, 0.25) is 0 Å². The van der Waals surface area contributed by atoms with Crippen LogP contribution in [0.25, 0.3) is 0 Å². The first-order valence-electron chi connectivity index (χ1n) is 9.04. The zero-order chi connectivity index (χ0) is 23.5. The molecule has 6 nitrogen and oxygen atoms in total. The molecule has 1 aromatic heterocycles. The van der Waals surface area contributed by atoms with Crippen LogP contribution in [0.15, 0.2) is 60.8 Å². The molecule has 0 aliphatic heterocycles. The number of nitrogens with two attached hydrogens (primary N) is 1. The Labute approximate surface area is 179 Å². The van der Waals surface area contributed by atoms with Crippen molar-refractivity contribution >= 4 is 6.34 Å². The monoisotopic (exact) mass is 452 g/mol. The van der Waals surface area contributed by atoms with Gasteiger partial charge in [-0.2, -0.15) is 8.78 Å². The maximum Gasteiger partial charge on any atom is 0.323 e. The highest BCUT2D eigenvalue weighted by Crippen LogP contribution is 2.46. The van der Waals surface area contributed by atoms with E-state index in [9.17, 15) is 18.3 Å². The standard InChI is InChI=1S/C21H17F5N4O2/c22-13-1-4-15(5-2-13)32-16-6-8-19(29-10-16)21(25,26)20(31,11-30(28)12-27)17-7-3-14(23)9-18(17)24/h1-10,12,27,31H,11,28H2. The van der Waals surface area contributed by atoms with E-state index < -0.39 is 46.8 Å². The van der Waals surface area contributed by atoms with Gasteiger partial charge in [0.25, 0.3) is 0 Å². The molecule has 0 saturated heterocycles. The molecule has 0 amide bonds. The van der Waals surface area contributed by atoms with Crippen molar-refractivity contribution in [2.24, 2.45) is 5.84 Å². The molecule has 0 spiro atoms. The van der Waals surface area contributed by atoms with Crippen molar-refractivity contribution < 1.29 is 31.8 Å². The topological polar surface area (TPSA) is 95.5 Å². The minimum absolute atomic E-state index is 0.0348. The highest BCUT2D eigenvalue weighted by atomic mass is 19.3. The Kier molecular flexibility index (Phi) is 6.42. The van der Waals surface area contributed by atoms with E-state index in [1.54, 1.807) is 0 Å². The van der Waals surface area contributed by atoms with Crippen molar-refractivity contribution in [1.82, 2.24) is 9.99 Å². The van der Waals surface area contributed by atoms with E-state index in [0.717, 1.165) is 30.5 Å². The number of rotatable bonds is 8. The number of pyridine rings is 1. The molecule has 4 N–H and O–H groups in total. The Balaban J connectivity index is 1.98. The molecule has 0 radical (unpaired) electrons. The van der Waals surface area contributed by atoms with Gasteiger partial charge in [0.15, 0.2) is 5.60 Å². The van der Waals surface area contributed by atoms with Crippen LogP contribution in [0, 0.1) is 22.9 Å². The SMILES string of the molecule is N=CN(N)CC(O)(c1ccc(F)cc1F)C(F)(F)c1ccc(Oc2ccc(F)cc2)cn1. The second-order valence-electron chi connectivity index (χ2n) is 6.80. The molecule has 0 aliphatic rings. The van der Waals surface area contributed by atoms with Crippen LogP contribution in [0.5, 0.6) is 11.5 Å². The van der Waals surface area contributed by atoms with Gasteiger partial charge in [-0.3, -0.25) is 15.4 Å². The average Bonchev–Trinajstić information content (AvgIpc) is 2.75. The number of aliphatic hydroxyl groups is 1. The third-order valence-corrected chi connectivity index (χ3v) is 4.58. The maximum atomic E-state index is 15.5. The molecule has 168 valence electrons. The second-order valence-corrected chi connectivity index (χ2v) is 6.80. The Bertz CT molecular complexity index is 1100. The second kappa shape index (κ2) is 8.89. The summed E-state index contributed by atoms with van der Waals surface area (Å²) in [5, 5.41) is 18.4. The number of benzene rings is 2. The van der Waals surface area contributed by atoms with Gasteiger partial charge < -0.3 is 9.84 Å². The Morgan fingerprint density at radius 2 is 1.62 bits per heavy atom. The number of hydrogen-bond donors (Lipinski definition) is 3. The van der Waals surface area contributed by atoms with E-state index in [4.69, 9.17) is 16.0 Å². The summed E-state index contributed by atoms with van der Waals surface area (Å²) >= 11 is 0. The quantitative estimate of drug-likeness (QED) is 0.158. The molecular formula is C21H17F5N4O2. The lowest BCUT2D eigenvalue weighted by Crippen LogP contribution is -2.53. The van der Waals surface area contributed by atoms with Crippen LogP contribution in [-0.4, -0.2) is 28.0 Å². The number of alkyl halides is 2. The molecule has 11 heteroatoms. The Morgan fingerprint density at radius 3 is 2.19 bits per heavy atom. The minimum atomic E-state index is -4.24. The molecule has 2 aromatic carbocycles. The van der Waals surface area contributed by atoms with Gasteiger partial charge in [-0.1, -0.05) is 0 Å². The summed E-state index contributed by atoms with van der Waals surface area (Å²) in [4.78, 5) is 3.61. The molecule has 1 atom stereocenters. The predicted molar refractivity (Wildman–Crippen MR) is 105 cm³/mol. The first kappa shape index (κ1) is 23.1. The van der Waals surface area contributed by atoms with Crippen LogP contribution in [0.3, 0.4) is 0 Å². The van der Waals surface area contributed by atoms with Crippen molar-refractivity contribution in [3.05, 3.63) is 89.5 Å². The molecule has 0 aliphatic carbocycles. The molecular weight excluding hydrogens is 435 g/mol. The van der Waals surface area contributed by atoms with Gasteiger partial charge in [0.1, 0.15) is 34.6 Å². The van der Waals surface area contributed by atoms with Crippen LogP contribution in [-0.2, 0) is 11.5 Å². The number of hydrazine groups is 1. The summed E-state index contributed by atoms with van der Waals surface area (Å²) in [5.74, 6) is -1.52. The van der Waals surface area contributed by atoms with Crippen molar-refractivity contribution in [2.45, 2.75) is 11.5 Å². The summed E-state index contributed by atoms with van der Waals surface area (Å²) in [7, 11) is 0. The van der Waals surface area contributed by atoms with Crippen molar-refractivity contribution in [3.8, 4) is 11.5 Å². The third kappa shape index (κ3) is 4.53. The molecule has 0 saturated carbocycles. The van der Waals surface area contributed by atoms with E-state index in [2.05, 4.69) is 4.98 Å². The van der Waals surface area contributed by atoms with Crippen LogP contribution < -0.4 is 10.6 Å². The van der Waals surface area contributed by atoms with E-state index in [-0.39, 0.29) is 11.5 Å². The van der Waals surface area contributed by atoms with E-state index in [1.807, 2.05) is 0 Å². The van der Waals surface area contributed by atoms with Crippen LogP contribution >= 0.6 is 0 Å². The van der Waals surface area contributed by atoms with Gasteiger partial charge in [-0.25, -0.2) is 19.0 Å². The maximum absolute atomic E-state index is 15.5. The predicted octanol–water partition coefficient (Wildman–Crippen LogP) is 4.05. The van der Waals surface area contributed by atoms with Gasteiger partial charge in [-0.05, 0) is 48.5 Å². The molecule has 0 bridgehead atoms. The first-order valence-corrected chi connectivity index (χ1v) is 9.04. The average molecular weight is 452 g/mol. The Morgan fingerprint density at radius 1 is 1.00 bits per heavy atom. The van der Waals surface area contributed by atoms with E-state index >= 15 is 8.78 Å². The summed E-state index contributed by atoms with van der Waals surface area (Å²) in [6.07, 6.45) is 1.39. The number of nitrogens with zero attached hydrogens (tertiary/aromatic N) is 2. The highest BCUT2D eigenvalue weighted by Gasteiger charge is 2.58. The number of ether oxygens (including phenoxy) is 1. The third-order valence-electron chi connectivity index (χ3n) is 4.58. The van der Waals surface area contributed by atoms with Gasteiger partial charge in [0, 0.05) is 11.6 Å². The fourth-order valence-electron chi connectivity index (χ4n) is 2.97. The van der Waals surface area contributed by atoms with Gasteiger partial charge >= 0.3 is 5.92 Å². The minimum Gasteiger partial charge on any atom is -0.456 e. The smallest absolute Gasteiger partial charge is 0.323 e. The summed E-state index contributed by atoms with van der Waals surface area (Å²) in [6.45, 7) is -1.11. The van der Waals surface area contributed by atoms with E-state index in [1.165, 1.54) is 12.1 Å². The fourth-order valence-corrected chi connectivity index (χ4v) is 2.97. The number of halogens is 5. The molecule has 1 unspecified atom stereocenters. The fraction of sp³-hybridized carbons (Fsp3) is 0.143. The zero-order valence-corrected chi connectivity index (χ0v) is 16.3. The number of aromatic nitrogens is 1. The molecule has 0 fully saturated rings. The van der Waals surface area contributed by atoms with Gasteiger partial charge in [0.05, 0.1) is 19.1 Å². The van der Waals surface area contributed by atoms with Crippen molar-refractivity contribution in [1.29, 1.82) is 5.41 Å². The first-order chi connectivity index (χ1) is 15.1. The lowest BCUT2D eigenvalue weighted by atomic mass is 9.84. The van der Waals surface area contributed by atoms with Crippen molar-refractivity contribution in [3.63, 3.8) is 0 Å². The zero-order valence-electron chi connectivity index (χ0n) is 16.3. The molecule has 1 heterocycles. The molecule has 32 heavy (non-hydrogen) atoms. The van der Waals surface area contributed by atoms with Crippen LogP contribution in [0.1, 0.15) is 11.3 Å².